The molecule has 0 radical (unpaired) electrons. The van der Waals surface area contributed by atoms with Crippen LogP contribution in [0, 0.1) is 0 Å². The Bertz CT molecular complexity index is 508. The maximum Gasteiger partial charge on any atom is 0.248 e. The second-order valence-corrected chi connectivity index (χ2v) is 3.68. The van der Waals surface area contributed by atoms with Gasteiger partial charge in [-0.2, -0.15) is 5.10 Å². The van der Waals surface area contributed by atoms with Crippen molar-refractivity contribution in [2.45, 2.75) is 6.54 Å². The number of nitrogens with zero attached hydrogens (tertiary/aromatic N) is 3. The molecule has 0 aliphatic rings. The number of anilines is 1. The van der Waals surface area contributed by atoms with E-state index in [0.29, 0.717) is 5.69 Å². The molecular weight excluding hydrogens is 218 g/mol. The molecule has 1 heterocycles. The van der Waals surface area contributed by atoms with Crippen molar-refractivity contribution < 1.29 is 9.90 Å². The molecule has 1 amide bonds. The molecule has 0 spiro atoms. The number of amides is 1. The number of likely N-dealkylation sites (N-methyl/N-ethyl adjacent to an activating group) is 1. The van der Waals surface area contributed by atoms with Crippen molar-refractivity contribution in [3.8, 4) is 5.75 Å². The van der Waals surface area contributed by atoms with Crippen LogP contribution in [0.5, 0.6) is 5.75 Å². The average Bonchev–Trinajstić information content (AvgIpc) is 2.80. The van der Waals surface area contributed by atoms with Gasteiger partial charge in [-0.25, -0.2) is 0 Å². The first kappa shape index (κ1) is 11.2. The largest absolute Gasteiger partial charge is 0.508 e. The van der Waals surface area contributed by atoms with Crippen LogP contribution in [0.1, 0.15) is 0 Å². The minimum atomic E-state index is -0.0979. The molecule has 88 valence electrons. The van der Waals surface area contributed by atoms with Crippen LogP contribution in [0.3, 0.4) is 0 Å². The number of carbonyl (C=O) groups is 1. The predicted molar refractivity (Wildman–Crippen MR) is 63.7 cm³/mol. The molecule has 0 aliphatic carbocycles. The minimum absolute atomic E-state index is 0.0979. The number of aromatic nitrogens is 2. The van der Waals surface area contributed by atoms with Crippen molar-refractivity contribution >= 4 is 11.6 Å². The van der Waals surface area contributed by atoms with Gasteiger partial charge in [0.2, 0.25) is 5.91 Å². The number of rotatable bonds is 3. The Kier molecular flexibility index (Phi) is 3.09. The summed E-state index contributed by atoms with van der Waals surface area (Å²) in [5.74, 6) is 0.0422. The Morgan fingerprint density at radius 3 is 2.94 bits per heavy atom. The Balaban J connectivity index is 2.09. The molecule has 0 saturated heterocycles. The van der Waals surface area contributed by atoms with Crippen LogP contribution in [0.15, 0.2) is 42.7 Å². The summed E-state index contributed by atoms with van der Waals surface area (Å²) >= 11 is 0. The molecule has 2 aromatic rings. The van der Waals surface area contributed by atoms with Gasteiger partial charge in [-0.05, 0) is 18.2 Å². The summed E-state index contributed by atoms with van der Waals surface area (Å²) in [7, 11) is 1.67. The lowest BCUT2D eigenvalue weighted by atomic mass is 10.3. The maximum atomic E-state index is 11.9. The number of benzene rings is 1. The zero-order chi connectivity index (χ0) is 12.3. The number of hydrogen-bond donors (Lipinski definition) is 1. The van der Waals surface area contributed by atoms with E-state index in [4.69, 9.17) is 0 Å². The molecule has 0 bridgehead atoms. The van der Waals surface area contributed by atoms with Crippen molar-refractivity contribution in [1.82, 2.24) is 9.78 Å². The van der Waals surface area contributed by atoms with E-state index in [1.54, 1.807) is 54.5 Å². The fourth-order valence-electron chi connectivity index (χ4n) is 1.48. The van der Waals surface area contributed by atoms with E-state index in [0.717, 1.165) is 0 Å². The highest BCUT2D eigenvalue weighted by Crippen LogP contribution is 2.18. The molecule has 5 heteroatoms. The predicted octanol–water partition coefficient (Wildman–Crippen LogP) is 1.25. The summed E-state index contributed by atoms with van der Waals surface area (Å²) in [6.45, 7) is 0.180. The average molecular weight is 231 g/mol. The van der Waals surface area contributed by atoms with Crippen LogP contribution in [0.25, 0.3) is 0 Å². The van der Waals surface area contributed by atoms with Crippen LogP contribution in [0.4, 0.5) is 5.69 Å². The molecule has 1 N–H and O–H groups in total. The van der Waals surface area contributed by atoms with Crippen LogP contribution in [-0.2, 0) is 11.3 Å². The topological polar surface area (TPSA) is 58.4 Å². The second-order valence-electron chi connectivity index (χ2n) is 3.68. The summed E-state index contributed by atoms with van der Waals surface area (Å²) in [5.41, 5.74) is 0.655. The van der Waals surface area contributed by atoms with E-state index in [-0.39, 0.29) is 18.2 Å². The van der Waals surface area contributed by atoms with Gasteiger partial charge in [0.1, 0.15) is 12.3 Å². The van der Waals surface area contributed by atoms with Crippen LogP contribution >= 0.6 is 0 Å². The van der Waals surface area contributed by atoms with Crippen molar-refractivity contribution in [2.24, 2.45) is 0 Å². The van der Waals surface area contributed by atoms with E-state index >= 15 is 0 Å². The van der Waals surface area contributed by atoms with Gasteiger partial charge in [0.25, 0.3) is 0 Å². The van der Waals surface area contributed by atoms with Gasteiger partial charge in [-0.15, -0.1) is 0 Å². The molecule has 1 aromatic heterocycles. The number of phenolic OH excluding ortho intramolecular Hbond substituents is 1. The van der Waals surface area contributed by atoms with Gasteiger partial charge >= 0.3 is 0 Å². The molecular formula is C12H13N3O2. The number of carbonyl (C=O) groups excluding carboxylic acids is 1. The number of aromatic hydroxyl groups is 1. The van der Waals surface area contributed by atoms with Gasteiger partial charge in [0.15, 0.2) is 0 Å². The number of phenols is 1. The van der Waals surface area contributed by atoms with Gasteiger partial charge in [0.05, 0.1) is 0 Å². The molecule has 0 fully saturated rings. The van der Waals surface area contributed by atoms with E-state index in [1.165, 1.54) is 4.90 Å². The van der Waals surface area contributed by atoms with E-state index < -0.39 is 0 Å². The second kappa shape index (κ2) is 4.69. The zero-order valence-electron chi connectivity index (χ0n) is 9.45. The molecule has 0 aliphatic heterocycles. The molecule has 0 saturated carbocycles. The summed E-state index contributed by atoms with van der Waals surface area (Å²) < 4.78 is 1.56. The molecule has 2 rings (SSSR count). The third-order valence-corrected chi connectivity index (χ3v) is 2.45. The summed E-state index contributed by atoms with van der Waals surface area (Å²) in [4.78, 5) is 13.4. The minimum Gasteiger partial charge on any atom is -0.508 e. The molecule has 0 atom stereocenters. The fraction of sp³-hybridized carbons (Fsp3) is 0.167. The highest BCUT2D eigenvalue weighted by Gasteiger charge is 2.11. The summed E-state index contributed by atoms with van der Waals surface area (Å²) in [5, 5.41) is 13.3. The third-order valence-electron chi connectivity index (χ3n) is 2.45. The van der Waals surface area contributed by atoms with Crippen molar-refractivity contribution in [1.29, 1.82) is 0 Å². The van der Waals surface area contributed by atoms with E-state index in [9.17, 15) is 9.90 Å². The van der Waals surface area contributed by atoms with Crippen LogP contribution in [-0.4, -0.2) is 27.8 Å². The lowest BCUT2D eigenvalue weighted by molar-refractivity contribution is -0.119. The molecule has 5 nitrogen and oxygen atoms in total. The summed E-state index contributed by atoms with van der Waals surface area (Å²) in [6, 6.07) is 8.33. The zero-order valence-corrected chi connectivity index (χ0v) is 9.45. The molecule has 17 heavy (non-hydrogen) atoms. The third kappa shape index (κ3) is 2.63. The van der Waals surface area contributed by atoms with Crippen LogP contribution in [0.2, 0.25) is 0 Å². The molecule has 1 aromatic carbocycles. The highest BCUT2D eigenvalue weighted by molar-refractivity contribution is 5.92. The first-order chi connectivity index (χ1) is 8.16. The van der Waals surface area contributed by atoms with Crippen molar-refractivity contribution in [3.05, 3.63) is 42.7 Å². The SMILES string of the molecule is CN(C(=O)Cn1cccn1)c1cccc(O)c1. The van der Waals surface area contributed by atoms with Gasteiger partial charge in [-0.1, -0.05) is 6.07 Å². The normalized spacial score (nSPS) is 10.2. The van der Waals surface area contributed by atoms with Gasteiger partial charge in [0, 0.05) is 31.2 Å². The Morgan fingerprint density at radius 1 is 1.47 bits per heavy atom. The lowest BCUT2D eigenvalue weighted by Crippen LogP contribution is -2.30. The Labute approximate surface area is 98.9 Å². The highest BCUT2D eigenvalue weighted by atomic mass is 16.3. The van der Waals surface area contributed by atoms with E-state index in [2.05, 4.69) is 5.10 Å². The lowest BCUT2D eigenvalue weighted by Gasteiger charge is -2.17. The van der Waals surface area contributed by atoms with Gasteiger partial charge < -0.3 is 10.0 Å². The monoisotopic (exact) mass is 231 g/mol. The first-order valence-corrected chi connectivity index (χ1v) is 5.20. The Morgan fingerprint density at radius 2 is 2.29 bits per heavy atom. The first-order valence-electron chi connectivity index (χ1n) is 5.20. The Hall–Kier alpha value is -2.30. The van der Waals surface area contributed by atoms with Crippen LogP contribution < -0.4 is 4.90 Å². The standard InChI is InChI=1S/C12H13N3O2/c1-14(10-4-2-5-11(16)8-10)12(17)9-15-7-3-6-13-15/h2-8,16H,9H2,1H3. The van der Waals surface area contributed by atoms with Gasteiger partial charge in [-0.3, -0.25) is 9.48 Å². The molecule has 0 unspecified atom stereocenters. The van der Waals surface area contributed by atoms with Crippen molar-refractivity contribution in [2.75, 3.05) is 11.9 Å². The quantitative estimate of drug-likeness (QED) is 0.865. The van der Waals surface area contributed by atoms with Crippen molar-refractivity contribution in [3.63, 3.8) is 0 Å². The maximum absolute atomic E-state index is 11.9. The fourth-order valence-corrected chi connectivity index (χ4v) is 1.48. The smallest absolute Gasteiger partial charge is 0.248 e. The van der Waals surface area contributed by atoms with E-state index in [1.807, 2.05) is 0 Å². The summed E-state index contributed by atoms with van der Waals surface area (Å²) in [6.07, 6.45) is 3.36. The number of hydrogen-bond acceptors (Lipinski definition) is 3.